The van der Waals surface area contributed by atoms with Gasteiger partial charge in [0.2, 0.25) is 5.91 Å². The van der Waals surface area contributed by atoms with E-state index in [-0.39, 0.29) is 11.9 Å². The maximum Gasteiger partial charge on any atom is 0.234 e. The summed E-state index contributed by atoms with van der Waals surface area (Å²) in [4.78, 5) is 14.4. The summed E-state index contributed by atoms with van der Waals surface area (Å²) in [5.41, 5.74) is 6.22. The number of hydrogen-bond donors (Lipinski definition) is 2. The van der Waals surface area contributed by atoms with Crippen molar-refractivity contribution < 1.29 is 9.21 Å². The zero-order chi connectivity index (χ0) is 14.8. The predicted molar refractivity (Wildman–Crippen MR) is 80.5 cm³/mol. The number of hydrogen-bond acceptors (Lipinski definition) is 4. The lowest BCUT2D eigenvalue weighted by Gasteiger charge is -2.29. The van der Waals surface area contributed by atoms with Crippen molar-refractivity contribution in [1.29, 1.82) is 0 Å². The Labute approximate surface area is 125 Å². The van der Waals surface area contributed by atoms with Crippen LogP contribution in [0.1, 0.15) is 38.0 Å². The second kappa shape index (κ2) is 6.20. The Balaban J connectivity index is 1.49. The van der Waals surface area contributed by atoms with Gasteiger partial charge in [0.15, 0.2) is 0 Å². The van der Waals surface area contributed by atoms with Crippen molar-refractivity contribution in [1.82, 2.24) is 10.2 Å². The van der Waals surface area contributed by atoms with Gasteiger partial charge in [-0.2, -0.15) is 0 Å². The van der Waals surface area contributed by atoms with E-state index in [9.17, 15) is 4.79 Å². The molecule has 3 rings (SSSR count). The molecule has 1 saturated carbocycles. The highest BCUT2D eigenvalue weighted by Gasteiger charge is 2.39. The number of carbonyl (C=O) groups excluding carboxylic acids is 1. The minimum atomic E-state index is -0.0837. The third kappa shape index (κ3) is 3.30. The van der Waals surface area contributed by atoms with Gasteiger partial charge in [-0.1, -0.05) is 6.42 Å². The van der Waals surface area contributed by atoms with Crippen molar-refractivity contribution in [3.8, 4) is 0 Å². The average Bonchev–Trinajstić information content (AvgIpc) is 3.07. The van der Waals surface area contributed by atoms with Crippen molar-refractivity contribution in [2.45, 2.75) is 38.3 Å². The van der Waals surface area contributed by atoms with Gasteiger partial charge in [-0.3, -0.25) is 9.69 Å². The van der Waals surface area contributed by atoms with Crippen molar-refractivity contribution in [3.05, 3.63) is 24.2 Å². The number of rotatable bonds is 4. The molecule has 1 amide bonds. The number of nitrogens with one attached hydrogen (secondary N) is 1. The highest BCUT2D eigenvalue weighted by Crippen LogP contribution is 2.35. The number of amides is 1. The minimum Gasteiger partial charge on any atom is -0.467 e. The average molecular weight is 291 g/mol. The van der Waals surface area contributed by atoms with E-state index in [1.807, 2.05) is 19.1 Å². The summed E-state index contributed by atoms with van der Waals surface area (Å²) in [5, 5.41) is 3.00. The molecular formula is C16H25N3O2. The highest BCUT2D eigenvalue weighted by atomic mass is 16.3. The van der Waals surface area contributed by atoms with Crippen LogP contribution in [-0.4, -0.2) is 36.5 Å². The Morgan fingerprint density at radius 3 is 3.10 bits per heavy atom. The van der Waals surface area contributed by atoms with Crippen LogP contribution in [0.5, 0.6) is 0 Å². The van der Waals surface area contributed by atoms with E-state index >= 15 is 0 Å². The Morgan fingerprint density at radius 1 is 1.52 bits per heavy atom. The molecule has 0 radical (unpaired) electrons. The molecule has 1 aliphatic carbocycles. The van der Waals surface area contributed by atoms with Gasteiger partial charge in [-0.15, -0.1) is 0 Å². The predicted octanol–water partition coefficient (Wildman–Crippen LogP) is 1.52. The van der Waals surface area contributed by atoms with Gasteiger partial charge in [-0.05, 0) is 43.7 Å². The van der Waals surface area contributed by atoms with Gasteiger partial charge < -0.3 is 15.5 Å². The summed E-state index contributed by atoms with van der Waals surface area (Å²) in [5.74, 6) is 2.12. The zero-order valence-corrected chi connectivity index (χ0v) is 12.6. The molecule has 1 aliphatic heterocycles. The fourth-order valence-electron chi connectivity index (χ4n) is 3.84. The number of likely N-dealkylation sites (tertiary alicyclic amines) is 1. The molecule has 2 fully saturated rings. The van der Waals surface area contributed by atoms with E-state index in [1.165, 1.54) is 12.8 Å². The molecule has 0 bridgehead atoms. The summed E-state index contributed by atoms with van der Waals surface area (Å²) in [6, 6.07) is 3.96. The van der Waals surface area contributed by atoms with Crippen molar-refractivity contribution in [2.24, 2.45) is 17.6 Å². The first kappa shape index (κ1) is 14.6. The third-order valence-electron chi connectivity index (χ3n) is 4.94. The fraction of sp³-hybridized carbons (Fsp3) is 0.688. The molecule has 5 nitrogen and oxygen atoms in total. The number of nitrogens with zero attached hydrogens (tertiary/aromatic N) is 1. The molecule has 3 N–H and O–H groups in total. The summed E-state index contributed by atoms with van der Waals surface area (Å²) in [6.45, 7) is 4.39. The first-order valence-electron chi connectivity index (χ1n) is 7.94. The third-order valence-corrected chi connectivity index (χ3v) is 4.94. The summed E-state index contributed by atoms with van der Waals surface area (Å²) in [7, 11) is 0. The van der Waals surface area contributed by atoms with Gasteiger partial charge in [0.25, 0.3) is 0 Å². The molecule has 1 saturated heterocycles. The first-order chi connectivity index (χ1) is 10.1. The largest absolute Gasteiger partial charge is 0.467 e. The SMILES string of the molecule is CC(NC(=O)CN1CC2CCCC(N)C2C1)c1ccco1. The molecule has 0 spiro atoms. The van der Waals surface area contributed by atoms with Crippen LogP contribution in [-0.2, 0) is 4.79 Å². The molecule has 1 aromatic heterocycles. The standard InChI is InChI=1S/C16H25N3O2/c1-11(15-6-3-7-21-15)18-16(20)10-19-8-12-4-2-5-14(17)13(12)9-19/h3,6-7,11-14H,2,4-5,8-10,17H2,1H3,(H,18,20). The highest BCUT2D eigenvalue weighted by molar-refractivity contribution is 5.78. The summed E-state index contributed by atoms with van der Waals surface area (Å²) >= 11 is 0. The smallest absolute Gasteiger partial charge is 0.234 e. The molecular weight excluding hydrogens is 266 g/mol. The lowest BCUT2D eigenvalue weighted by atomic mass is 9.78. The maximum atomic E-state index is 12.2. The van der Waals surface area contributed by atoms with Crippen molar-refractivity contribution in [2.75, 3.05) is 19.6 Å². The number of furan rings is 1. The lowest BCUT2D eigenvalue weighted by Crippen LogP contribution is -2.39. The fourth-order valence-corrected chi connectivity index (χ4v) is 3.84. The minimum absolute atomic E-state index is 0.0612. The summed E-state index contributed by atoms with van der Waals surface area (Å²) < 4.78 is 5.31. The van der Waals surface area contributed by atoms with Gasteiger partial charge in [-0.25, -0.2) is 0 Å². The van der Waals surface area contributed by atoms with Crippen LogP contribution in [0.4, 0.5) is 0 Å². The Morgan fingerprint density at radius 2 is 2.38 bits per heavy atom. The van der Waals surface area contributed by atoms with E-state index in [4.69, 9.17) is 10.2 Å². The van der Waals surface area contributed by atoms with E-state index in [1.54, 1.807) is 6.26 Å². The van der Waals surface area contributed by atoms with Gasteiger partial charge >= 0.3 is 0 Å². The van der Waals surface area contributed by atoms with Crippen LogP contribution < -0.4 is 11.1 Å². The molecule has 21 heavy (non-hydrogen) atoms. The zero-order valence-electron chi connectivity index (χ0n) is 12.6. The Bertz CT molecular complexity index is 474. The van der Waals surface area contributed by atoms with Crippen LogP contribution >= 0.6 is 0 Å². The van der Waals surface area contributed by atoms with E-state index in [0.717, 1.165) is 25.3 Å². The maximum absolute atomic E-state index is 12.2. The molecule has 2 heterocycles. The van der Waals surface area contributed by atoms with E-state index in [0.29, 0.717) is 24.4 Å². The number of nitrogens with two attached hydrogens (primary N) is 1. The monoisotopic (exact) mass is 291 g/mol. The molecule has 1 aromatic rings. The van der Waals surface area contributed by atoms with Crippen LogP contribution in [0.2, 0.25) is 0 Å². The number of carbonyl (C=O) groups is 1. The molecule has 0 aromatic carbocycles. The van der Waals surface area contributed by atoms with E-state index in [2.05, 4.69) is 10.2 Å². The molecule has 5 heteroatoms. The number of fused-ring (bicyclic) bond motifs is 1. The molecule has 116 valence electrons. The topological polar surface area (TPSA) is 71.5 Å². The van der Waals surface area contributed by atoms with Gasteiger partial charge in [0.05, 0.1) is 18.8 Å². The Hall–Kier alpha value is -1.33. The normalized spacial score (nSPS) is 30.9. The van der Waals surface area contributed by atoms with Crippen LogP contribution in [0.3, 0.4) is 0 Å². The molecule has 4 atom stereocenters. The van der Waals surface area contributed by atoms with Gasteiger partial charge in [0.1, 0.15) is 5.76 Å². The molecule has 2 aliphatic rings. The van der Waals surface area contributed by atoms with Crippen molar-refractivity contribution in [3.63, 3.8) is 0 Å². The van der Waals surface area contributed by atoms with Crippen LogP contribution in [0.15, 0.2) is 22.8 Å². The quantitative estimate of drug-likeness (QED) is 0.882. The van der Waals surface area contributed by atoms with Crippen LogP contribution in [0.25, 0.3) is 0 Å². The molecule has 4 unspecified atom stereocenters. The van der Waals surface area contributed by atoms with E-state index < -0.39 is 0 Å². The Kier molecular flexibility index (Phi) is 4.31. The first-order valence-corrected chi connectivity index (χ1v) is 7.94. The van der Waals surface area contributed by atoms with Crippen molar-refractivity contribution >= 4 is 5.91 Å². The summed E-state index contributed by atoms with van der Waals surface area (Å²) in [6.07, 6.45) is 5.26. The second-order valence-electron chi connectivity index (χ2n) is 6.52. The lowest BCUT2D eigenvalue weighted by molar-refractivity contribution is -0.122. The van der Waals surface area contributed by atoms with Gasteiger partial charge in [0, 0.05) is 19.1 Å². The van der Waals surface area contributed by atoms with Crippen LogP contribution in [0, 0.1) is 11.8 Å². The second-order valence-corrected chi connectivity index (χ2v) is 6.52.